The Hall–Kier alpha value is -1.30. The number of fused-ring (bicyclic) bond motifs is 1. The molecule has 3 aromatic rings. The Kier molecular flexibility index (Phi) is 2.89. The van der Waals surface area contributed by atoms with Crippen LogP contribution in [0, 0.1) is 5.82 Å². The Morgan fingerprint density at radius 3 is 2.61 bits per heavy atom. The minimum atomic E-state index is -0.813. The van der Waals surface area contributed by atoms with Crippen molar-refractivity contribution in [3.05, 3.63) is 39.8 Å². The summed E-state index contributed by atoms with van der Waals surface area (Å²) in [5, 5.41) is 1.35. The number of aromatic nitrogens is 3. The molecule has 3 heterocycles. The highest BCUT2D eigenvalue weighted by molar-refractivity contribution is 7.17. The van der Waals surface area contributed by atoms with Gasteiger partial charge in [0.05, 0.1) is 10.2 Å². The lowest BCUT2D eigenvalue weighted by molar-refractivity contribution is 0.615. The van der Waals surface area contributed by atoms with Gasteiger partial charge in [-0.1, -0.05) is 23.2 Å². The summed E-state index contributed by atoms with van der Waals surface area (Å²) < 4.78 is 14.2. The Bertz CT molecular complexity index is 721. The Morgan fingerprint density at radius 2 is 1.89 bits per heavy atom. The fourth-order valence-corrected chi connectivity index (χ4v) is 2.66. The fourth-order valence-electron chi connectivity index (χ4n) is 1.49. The average molecular weight is 300 g/mol. The number of halogens is 3. The smallest absolute Gasteiger partial charge is 0.197 e. The van der Waals surface area contributed by atoms with Gasteiger partial charge in [0, 0.05) is 11.8 Å². The maximum absolute atomic E-state index is 13.2. The Labute approximate surface area is 115 Å². The largest absolute Gasteiger partial charge is 0.255 e. The van der Waals surface area contributed by atoms with Crippen LogP contribution in [0.1, 0.15) is 0 Å². The molecule has 3 aromatic heterocycles. The molecule has 0 aliphatic heterocycles. The van der Waals surface area contributed by atoms with E-state index in [1.807, 2.05) is 17.5 Å². The molecular formula is C11H4Cl2FN3S. The second-order valence-electron chi connectivity index (χ2n) is 3.47. The Balaban J connectivity index is 2.19. The van der Waals surface area contributed by atoms with Crippen molar-refractivity contribution in [1.29, 1.82) is 0 Å². The number of rotatable bonds is 1. The van der Waals surface area contributed by atoms with Crippen molar-refractivity contribution in [3.63, 3.8) is 0 Å². The first kappa shape index (κ1) is 11.8. The van der Waals surface area contributed by atoms with E-state index in [1.165, 1.54) is 0 Å². The molecule has 18 heavy (non-hydrogen) atoms. The SMILES string of the molecule is Fc1c(Cl)nc(-c2cnc3ccsc3c2)nc1Cl. The molecule has 0 fully saturated rings. The zero-order chi connectivity index (χ0) is 12.7. The van der Waals surface area contributed by atoms with Gasteiger partial charge in [0.2, 0.25) is 0 Å². The second kappa shape index (κ2) is 4.42. The minimum absolute atomic E-state index is 0.259. The van der Waals surface area contributed by atoms with Crippen molar-refractivity contribution in [1.82, 2.24) is 15.0 Å². The Morgan fingerprint density at radius 1 is 1.17 bits per heavy atom. The molecule has 0 amide bonds. The van der Waals surface area contributed by atoms with Crippen LogP contribution < -0.4 is 0 Å². The first-order valence-corrected chi connectivity index (χ1v) is 6.51. The molecular weight excluding hydrogens is 296 g/mol. The molecule has 0 saturated carbocycles. The van der Waals surface area contributed by atoms with Crippen molar-refractivity contribution in [2.45, 2.75) is 0 Å². The van der Waals surface area contributed by atoms with Gasteiger partial charge in [0.1, 0.15) is 0 Å². The number of hydrogen-bond acceptors (Lipinski definition) is 4. The van der Waals surface area contributed by atoms with Crippen molar-refractivity contribution in [2.75, 3.05) is 0 Å². The highest BCUT2D eigenvalue weighted by Crippen LogP contribution is 2.27. The van der Waals surface area contributed by atoms with Crippen LogP contribution in [0.15, 0.2) is 23.7 Å². The first-order valence-electron chi connectivity index (χ1n) is 4.87. The van der Waals surface area contributed by atoms with Crippen molar-refractivity contribution < 1.29 is 4.39 Å². The summed E-state index contributed by atoms with van der Waals surface area (Å²) >= 11 is 12.8. The average Bonchev–Trinajstić information content (AvgIpc) is 2.82. The molecule has 7 heteroatoms. The second-order valence-corrected chi connectivity index (χ2v) is 5.13. The van der Waals surface area contributed by atoms with E-state index in [-0.39, 0.29) is 16.1 Å². The number of nitrogens with zero attached hydrogens (tertiary/aromatic N) is 3. The lowest BCUT2D eigenvalue weighted by Gasteiger charge is -2.02. The lowest BCUT2D eigenvalue weighted by Crippen LogP contribution is -1.95. The third-order valence-electron chi connectivity index (χ3n) is 2.33. The van der Waals surface area contributed by atoms with Gasteiger partial charge in [-0.05, 0) is 17.5 Å². The lowest BCUT2D eigenvalue weighted by atomic mass is 10.2. The van der Waals surface area contributed by atoms with Gasteiger partial charge in [-0.15, -0.1) is 11.3 Å². The van der Waals surface area contributed by atoms with E-state index in [9.17, 15) is 4.39 Å². The topological polar surface area (TPSA) is 38.7 Å². The summed E-state index contributed by atoms with van der Waals surface area (Å²) in [6.45, 7) is 0. The van der Waals surface area contributed by atoms with Crippen LogP contribution in [0.3, 0.4) is 0 Å². The monoisotopic (exact) mass is 299 g/mol. The van der Waals surface area contributed by atoms with E-state index in [4.69, 9.17) is 23.2 Å². The number of pyridine rings is 1. The van der Waals surface area contributed by atoms with E-state index >= 15 is 0 Å². The van der Waals surface area contributed by atoms with Crippen LogP contribution in [0.4, 0.5) is 4.39 Å². The highest BCUT2D eigenvalue weighted by atomic mass is 35.5. The predicted molar refractivity (Wildman–Crippen MR) is 70.6 cm³/mol. The van der Waals surface area contributed by atoms with Gasteiger partial charge in [-0.3, -0.25) is 4.98 Å². The molecule has 0 spiro atoms. The normalized spacial score (nSPS) is 11.1. The summed E-state index contributed by atoms with van der Waals surface area (Å²) in [7, 11) is 0. The molecule has 3 rings (SSSR count). The number of thiophene rings is 1. The third kappa shape index (κ3) is 1.94. The summed E-state index contributed by atoms with van der Waals surface area (Å²) in [6, 6.07) is 3.78. The van der Waals surface area contributed by atoms with Crippen molar-refractivity contribution in [3.8, 4) is 11.4 Å². The van der Waals surface area contributed by atoms with Crippen LogP contribution in [-0.2, 0) is 0 Å². The van der Waals surface area contributed by atoms with Crippen molar-refractivity contribution >= 4 is 44.8 Å². The fraction of sp³-hybridized carbons (Fsp3) is 0. The maximum Gasteiger partial charge on any atom is 0.197 e. The minimum Gasteiger partial charge on any atom is -0.255 e. The van der Waals surface area contributed by atoms with Crippen LogP contribution in [0.2, 0.25) is 10.3 Å². The third-order valence-corrected chi connectivity index (χ3v) is 3.69. The van der Waals surface area contributed by atoms with Gasteiger partial charge in [0.25, 0.3) is 0 Å². The summed E-state index contributed by atoms with van der Waals surface area (Å²) in [5.74, 6) is -0.554. The quantitative estimate of drug-likeness (QED) is 0.632. The molecule has 0 atom stereocenters. The zero-order valence-corrected chi connectivity index (χ0v) is 11.0. The van der Waals surface area contributed by atoms with E-state index in [1.54, 1.807) is 17.5 Å². The molecule has 0 N–H and O–H groups in total. The predicted octanol–water partition coefficient (Wildman–Crippen LogP) is 4.20. The molecule has 90 valence electrons. The van der Waals surface area contributed by atoms with Gasteiger partial charge in [0.15, 0.2) is 21.9 Å². The van der Waals surface area contributed by atoms with E-state index in [2.05, 4.69) is 15.0 Å². The van der Waals surface area contributed by atoms with E-state index in [0.717, 1.165) is 10.2 Å². The highest BCUT2D eigenvalue weighted by Gasteiger charge is 2.13. The first-order chi connectivity index (χ1) is 8.65. The summed E-state index contributed by atoms with van der Waals surface area (Å²) in [4.78, 5) is 12.0. The molecule has 0 aliphatic carbocycles. The van der Waals surface area contributed by atoms with E-state index in [0.29, 0.717) is 5.56 Å². The van der Waals surface area contributed by atoms with Crippen molar-refractivity contribution in [2.24, 2.45) is 0 Å². The van der Waals surface area contributed by atoms with Gasteiger partial charge in [-0.2, -0.15) is 0 Å². The van der Waals surface area contributed by atoms with Gasteiger partial charge < -0.3 is 0 Å². The summed E-state index contributed by atoms with van der Waals surface area (Å²) in [5.41, 5.74) is 1.54. The molecule has 0 radical (unpaired) electrons. The molecule has 0 aliphatic rings. The standard InChI is InChI=1S/C11H4Cl2FN3S/c12-9-8(14)10(13)17-11(16-9)5-3-7-6(15-4-5)1-2-18-7/h1-4H. The zero-order valence-electron chi connectivity index (χ0n) is 8.69. The van der Waals surface area contributed by atoms with Crippen LogP contribution >= 0.6 is 34.5 Å². The van der Waals surface area contributed by atoms with E-state index < -0.39 is 5.82 Å². The van der Waals surface area contributed by atoms with Gasteiger partial charge in [-0.25, -0.2) is 14.4 Å². The van der Waals surface area contributed by atoms with Gasteiger partial charge >= 0.3 is 0 Å². The van der Waals surface area contributed by atoms with Crippen LogP contribution in [-0.4, -0.2) is 15.0 Å². The summed E-state index contributed by atoms with van der Waals surface area (Å²) in [6.07, 6.45) is 1.61. The molecule has 0 saturated heterocycles. The maximum atomic E-state index is 13.2. The number of hydrogen-bond donors (Lipinski definition) is 0. The van der Waals surface area contributed by atoms with Crippen LogP contribution in [0.25, 0.3) is 21.6 Å². The molecule has 0 bridgehead atoms. The van der Waals surface area contributed by atoms with Crippen LogP contribution in [0.5, 0.6) is 0 Å². The molecule has 3 nitrogen and oxygen atoms in total. The molecule has 0 aromatic carbocycles. The molecule has 0 unspecified atom stereocenters.